The molecule has 0 radical (unpaired) electrons. The Morgan fingerprint density at radius 2 is 2.14 bits per heavy atom. The summed E-state index contributed by atoms with van der Waals surface area (Å²) in [6.45, 7) is 3.42. The highest BCUT2D eigenvalue weighted by atomic mass is 16.6. The Labute approximate surface area is 124 Å². The van der Waals surface area contributed by atoms with Gasteiger partial charge in [0.25, 0.3) is 0 Å². The monoisotopic (exact) mass is 297 g/mol. The lowest BCUT2D eigenvalue weighted by Crippen LogP contribution is -2.22. The second-order valence-corrected chi connectivity index (χ2v) is 4.78. The number of aromatic nitrogens is 2. The third-order valence-electron chi connectivity index (χ3n) is 3.04. The zero-order valence-corrected chi connectivity index (χ0v) is 12.6. The molecule has 0 aliphatic rings. The maximum absolute atomic E-state index is 11.3. The topological polar surface area (TPSA) is 104 Å². The minimum Gasteiger partial charge on any atom is -0.396 e. The third-order valence-corrected chi connectivity index (χ3v) is 3.04. The van der Waals surface area contributed by atoms with Crippen molar-refractivity contribution in [3.63, 3.8) is 0 Å². The second-order valence-electron chi connectivity index (χ2n) is 4.78. The molecule has 0 aliphatic carbocycles. The van der Waals surface area contributed by atoms with Crippen LogP contribution in [0.2, 0.25) is 0 Å². The summed E-state index contributed by atoms with van der Waals surface area (Å²) in [6.07, 6.45) is 4.65. The molecule has 8 nitrogen and oxygen atoms in total. The van der Waals surface area contributed by atoms with Crippen LogP contribution in [-0.4, -0.2) is 46.7 Å². The predicted molar refractivity (Wildman–Crippen MR) is 81.7 cm³/mol. The molecule has 2 N–H and O–H groups in total. The number of rotatable bonds is 10. The van der Waals surface area contributed by atoms with Crippen molar-refractivity contribution in [3.8, 4) is 0 Å². The summed E-state index contributed by atoms with van der Waals surface area (Å²) in [5.41, 5.74) is -0.0874. The molecule has 0 unspecified atom stereocenters. The van der Waals surface area contributed by atoms with E-state index in [1.165, 1.54) is 6.33 Å². The average Bonchev–Trinajstić information content (AvgIpc) is 2.48. The minimum atomic E-state index is -0.447. The summed E-state index contributed by atoms with van der Waals surface area (Å²) < 4.78 is 0. The highest BCUT2D eigenvalue weighted by molar-refractivity contribution is 5.69. The molecular formula is C13H23N5O3. The number of hydrogen-bond donors (Lipinski definition) is 2. The van der Waals surface area contributed by atoms with Gasteiger partial charge in [-0.2, -0.15) is 0 Å². The molecule has 0 fully saturated rings. The number of hydrogen-bond acceptors (Lipinski definition) is 7. The molecule has 0 atom stereocenters. The zero-order chi connectivity index (χ0) is 15.7. The summed E-state index contributed by atoms with van der Waals surface area (Å²) in [6, 6.07) is 0. The van der Waals surface area contributed by atoms with Crippen LogP contribution in [-0.2, 0) is 0 Å². The Hall–Kier alpha value is -1.96. The zero-order valence-electron chi connectivity index (χ0n) is 12.6. The SMILES string of the molecule is CCCNc1ncnc(N(C)CCCCCO)c1[N+](=O)[O-]. The maximum Gasteiger partial charge on any atom is 0.353 e. The van der Waals surface area contributed by atoms with Gasteiger partial charge < -0.3 is 15.3 Å². The Morgan fingerprint density at radius 1 is 1.38 bits per heavy atom. The fourth-order valence-electron chi connectivity index (χ4n) is 1.93. The van der Waals surface area contributed by atoms with Crippen LogP contribution in [0.5, 0.6) is 0 Å². The first-order valence-corrected chi connectivity index (χ1v) is 7.17. The molecule has 0 saturated carbocycles. The molecule has 0 amide bonds. The molecular weight excluding hydrogens is 274 g/mol. The Kier molecular flexibility index (Phi) is 7.38. The van der Waals surface area contributed by atoms with Gasteiger partial charge in [-0.05, 0) is 25.7 Å². The van der Waals surface area contributed by atoms with Crippen LogP contribution in [0.15, 0.2) is 6.33 Å². The van der Waals surface area contributed by atoms with Gasteiger partial charge in [0.05, 0.1) is 4.92 Å². The highest BCUT2D eigenvalue weighted by Gasteiger charge is 2.24. The van der Waals surface area contributed by atoms with Crippen molar-refractivity contribution in [3.05, 3.63) is 16.4 Å². The van der Waals surface area contributed by atoms with Gasteiger partial charge in [0.2, 0.25) is 11.6 Å². The fourth-order valence-corrected chi connectivity index (χ4v) is 1.93. The Bertz CT molecular complexity index is 455. The van der Waals surface area contributed by atoms with Gasteiger partial charge in [-0.3, -0.25) is 10.1 Å². The minimum absolute atomic E-state index is 0.0874. The lowest BCUT2D eigenvalue weighted by Gasteiger charge is -2.18. The molecule has 0 aromatic carbocycles. The molecule has 1 heterocycles. The van der Waals surface area contributed by atoms with Gasteiger partial charge in [0, 0.05) is 26.7 Å². The number of aliphatic hydroxyl groups is 1. The van der Waals surface area contributed by atoms with Gasteiger partial charge >= 0.3 is 5.69 Å². The molecule has 21 heavy (non-hydrogen) atoms. The van der Waals surface area contributed by atoms with Crippen LogP contribution < -0.4 is 10.2 Å². The first kappa shape index (κ1) is 17.1. The lowest BCUT2D eigenvalue weighted by molar-refractivity contribution is -0.383. The van der Waals surface area contributed by atoms with Crippen LogP contribution in [0.3, 0.4) is 0 Å². The van der Waals surface area contributed by atoms with Gasteiger partial charge in [-0.15, -0.1) is 0 Å². The molecule has 1 rings (SSSR count). The van der Waals surface area contributed by atoms with Crippen molar-refractivity contribution in [2.45, 2.75) is 32.6 Å². The van der Waals surface area contributed by atoms with Crippen molar-refractivity contribution in [2.75, 3.05) is 37.0 Å². The summed E-state index contributed by atoms with van der Waals surface area (Å²) in [7, 11) is 1.78. The fraction of sp³-hybridized carbons (Fsp3) is 0.692. The van der Waals surface area contributed by atoms with E-state index >= 15 is 0 Å². The van der Waals surface area contributed by atoms with Crippen LogP contribution in [0.4, 0.5) is 17.3 Å². The van der Waals surface area contributed by atoms with E-state index in [1.807, 2.05) is 6.92 Å². The van der Waals surface area contributed by atoms with Crippen LogP contribution >= 0.6 is 0 Å². The Morgan fingerprint density at radius 3 is 2.76 bits per heavy atom. The van der Waals surface area contributed by atoms with Crippen molar-refractivity contribution in [2.24, 2.45) is 0 Å². The number of nitrogens with one attached hydrogen (secondary N) is 1. The van der Waals surface area contributed by atoms with Crippen LogP contribution in [0.25, 0.3) is 0 Å². The average molecular weight is 297 g/mol. The molecule has 0 spiro atoms. The summed E-state index contributed by atoms with van der Waals surface area (Å²) >= 11 is 0. The van der Waals surface area contributed by atoms with E-state index in [1.54, 1.807) is 11.9 Å². The van der Waals surface area contributed by atoms with Crippen LogP contribution in [0.1, 0.15) is 32.6 Å². The van der Waals surface area contributed by atoms with Crippen LogP contribution in [0, 0.1) is 10.1 Å². The first-order chi connectivity index (χ1) is 10.1. The highest BCUT2D eigenvalue weighted by Crippen LogP contribution is 2.31. The second kappa shape index (κ2) is 9.06. The van der Waals surface area contributed by atoms with E-state index in [4.69, 9.17) is 5.11 Å². The van der Waals surface area contributed by atoms with E-state index < -0.39 is 4.92 Å². The summed E-state index contributed by atoms with van der Waals surface area (Å²) in [5, 5.41) is 23.0. The number of anilines is 2. The van der Waals surface area contributed by atoms with Crippen molar-refractivity contribution in [1.82, 2.24) is 9.97 Å². The number of unbranched alkanes of at least 4 members (excludes halogenated alkanes) is 2. The van der Waals surface area contributed by atoms with E-state index in [0.717, 1.165) is 25.7 Å². The molecule has 0 saturated heterocycles. The van der Waals surface area contributed by atoms with E-state index in [9.17, 15) is 10.1 Å². The molecule has 0 aliphatic heterocycles. The first-order valence-electron chi connectivity index (χ1n) is 7.17. The quantitative estimate of drug-likeness (QED) is 0.385. The molecule has 1 aromatic rings. The molecule has 8 heteroatoms. The van der Waals surface area contributed by atoms with E-state index in [-0.39, 0.29) is 18.1 Å². The van der Waals surface area contributed by atoms with E-state index in [0.29, 0.717) is 18.9 Å². The number of aliphatic hydroxyl groups excluding tert-OH is 1. The summed E-state index contributed by atoms with van der Waals surface area (Å²) in [4.78, 5) is 20.6. The normalized spacial score (nSPS) is 10.4. The van der Waals surface area contributed by atoms with E-state index in [2.05, 4.69) is 15.3 Å². The van der Waals surface area contributed by atoms with Gasteiger partial charge in [-0.25, -0.2) is 9.97 Å². The van der Waals surface area contributed by atoms with Crippen molar-refractivity contribution >= 4 is 17.3 Å². The standard InChI is InChI=1S/C13H23N5O3/c1-3-7-14-12-11(18(20)21)13(16-10-15-12)17(2)8-5-4-6-9-19/h10,19H,3-9H2,1-2H3,(H,14,15,16). The van der Waals surface area contributed by atoms with Crippen molar-refractivity contribution < 1.29 is 10.0 Å². The van der Waals surface area contributed by atoms with Gasteiger partial charge in [-0.1, -0.05) is 6.92 Å². The summed E-state index contributed by atoms with van der Waals surface area (Å²) in [5.74, 6) is 0.576. The van der Waals surface area contributed by atoms with Gasteiger partial charge in [0.15, 0.2) is 0 Å². The molecule has 0 bridgehead atoms. The largest absolute Gasteiger partial charge is 0.396 e. The lowest BCUT2D eigenvalue weighted by atomic mass is 10.2. The molecule has 1 aromatic heterocycles. The van der Waals surface area contributed by atoms with Gasteiger partial charge in [0.1, 0.15) is 6.33 Å². The predicted octanol–water partition coefficient (Wildman–Crippen LogP) is 1.81. The maximum atomic E-state index is 11.3. The number of nitrogens with zero attached hydrogens (tertiary/aromatic N) is 4. The smallest absolute Gasteiger partial charge is 0.353 e. The van der Waals surface area contributed by atoms with Crippen molar-refractivity contribution in [1.29, 1.82) is 0 Å². The molecule has 118 valence electrons. The number of nitro groups is 1. The third kappa shape index (κ3) is 5.14. The Balaban J connectivity index is 2.86.